The van der Waals surface area contributed by atoms with Crippen molar-refractivity contribution >= 4 is 27.2 Å². The molecule has 1 aromatic carbocycles. The molecule has 3 N–H and O–H groups in total. The molecule has 0 bridgehead atoms. The quantitative estimate of drug-likeness (QED) is 0.628. The van der Waals surface area contributed by atoms with Gasteiger partial charge in [0.25, 0.3) is 15.7 Å². The zero-order valence-electron chi connectivity index (χ0n) is 18.0. The third-order valence-corrected chi connectivity index (χ3v) is 7.93. The van der Waals surface area contributed by atoms with Gasteiger partial charge in [-0.15, -0.1) is 0 Å². The number of rotatable bonds is 6. The first-order valence-electron chi connectivity index (χ1n) is 10.7. The normalized spacial score (nSPS) is 23.6. The zero-order chi connectivity index (χ0) is 24.7. The highest BCUT2D eigenvalue weighted by Gasteiger charge is 2.46. The molecule has 1 saturated heterocycles. The molecule has 9 nitrogen and oxygen atoms in total. The molecule has 182 valence electrons. The highest BCUT2D eigenvalue weighted by atomic mass is 32.2. The van der Waals surface area contributed by atoms with Gasteiger partial charge in [-0.1, -0.05) is 0 Å². The molecule has 0 spiro atoms. The SMILES string of the molecule is N#CC1CC(N2CCC2)CCC1n1cc(C(N)=O)c(Nc2ccc(S(=O)(=O)C(F)(F)F)cc2)n1. The second-order valence-corrected chi connectivity index (χ2v) is 10.4. The zero-order valence-corrected chi connectivity index (χ0v) is 18.8. The summed E-state index contributed by atoms with van der Waals surface area (Å²) in [6.07, 6.45) is 4.92. The number of anilines is 2. The fourth-order valence-corrected chi connectivity index (χ4v) is 5.21. The molecule has 1 saturated carbocycles. The lowest BCUT2D eigenvalue weighted by molar-refractivity contribution is -0.0436. The number of hydrogen-bond donors (Lipinski definition) is 2. The molecule has 2 aromatic rings. The van der Waals surface area contributed by atoms with E-state index in [9.17, 15) is 31.6 Å². The minimum atomic E-state index is -5.47. The van der Waals surface area contributed by atoms with E-state index in [-0.39, 0.29) is 29.0 Å². The molecule has 1 aliphatic heterocycles. The van der Waals surface area contributed by atoms with Gasteiger partial charge >= 0.3 is 5.51 Å². The van der Waals surface area contributed by atoms with Gasteiger partial charge in [0, 0.05) is 17.9 Å². The first-order valence-corrected chi connectivity index (χ1v) is 12.2. The van der Waals surface area contributed by atoms with Crippen molar-refractivity contribution in [3.63, 3.8) is 0 Å². The van der Waals surface area contributed by atoms with Crippen LogP contribution in [0.5, 0.6) is 0 Å². The van der Waals surface area contributed by atoms with Gasteiger partial charge in [0.05, 0.1) is 22.9 Å². The number of sulfone groups is 1. The number of likely N-dealkylation sites (tertiary alicyclic amines) is 1. The number of hydrogen-bond acceptors (Lipinski definition) is 7. The average Bonchev–Trinajstić information content (AvgIpc) is 3.16. The Labute approximate surface area is 194 Å². The maximum absolute atomic E-state index is 12.7. The van der Waals surface area contributed by atoms with Crippen molar-refractivity contribution in [1.29, 1.82) is 5.26 Å². The van der Waals surface area contributed by atoms with E-state index < -0.39 is 26.1 Å². The first-order chi connectivity index (χ1) is 16.0. The van der Waals surface area contributed by atoms with E-state index in [1.165, 1.54) is 6.20 Å². The number of carbonyl (C=O) groups is 1. The smallest absolute Gasteiger partial charge is 0.365 e. The highest BCUT2D eigenvalue weighted by Crippen LogP contribution is 2.38. The maximum atomic E-state index is 12.7. The van der Waals surface area contributed by atoms with Crippen LogP contribution in [0.15, 0.2) is 35.4 Å². The molecular weight excluding hydrogens is 473 g/mol. The molecule has 3 atom stereocenters. The van der Waals surface area contributed by atoms with Crippen LogP contribution in [0, 0.1) is 17.2 Å². The summed E-state index contributed by atoms with van der Waals surface area (Å²) in [6.45, 7) is 2.08. The number of nitrogens with zero attached hydrogens (tertiary/aromatic N) is 4. The number of nitrogens with two attached hydrogens (primary N) is 1. The summed E-state index contributed by atoms with van der Waals surface area (Å²) in [4.78, 5) is 13.5. The van der Waals surface area contributed by atoms with E-state index in [4.69, 9.17) is 5.73 Å². The number of aromatic nitrogens is 2. The fourth-order valence-electron chi connectivity index (χ4n) is 4.45. The number of nitriles is 1. The van der Waals surface area contributed by atoms with Crippen molar-refractivity contribution in [2.45, 2.75) is 48.2 Å². The lowest BCUT2D eigenvalue weighted by Gasteiger charge is -2.43. The Kier molecular flexibility index (Phi) is 6.30. The summed E-state index contributed by atoms with van der Waals surface area (Å²) in [7, 11) is -5.47. The molecule has 2 fully saturated rings. The largest absolute Gasteiger partial charge is 0.501 e. The van der Waals surface area contributed by atoms with Gasteiger partial charge < -0.3 is 16.0 Å². The van der Waals surface area contributed by atoms with E-state index in [0.717, 1.165) is 50.2 Å². The Morgan fingerprint density at radius 2 is 1.88 bits per heavy atom. The van der Waals surface area contributed by atoms with Crippen LogP contribution in [0.4, 0.5) is 24.7 Å². The van der Waals surface area contributed by atoms with Crippen LogP contribution < -0.4 is 11.1 Å². The van der Waals surface area contributed by atoms with Gasteiger partial charge in [0.2, 0.25) is 0 Å². The van der Waals surface area contributed by atoms with Crippen molar-refractivity contribution < 1.29 is 26.4 Å². The molecule has 4 rings (SSSR count). The minimum Gasteiger partial charge on any atom is -0.365 e. The number of primary amides is 1. The van der Waals surface area contributed by atoms with E-state index in [1.54, 1.807) is 4.68 Å². The Morgan fingerprint density at radius 3 is 2.41 bits per heavy atom. The fraction of sp³-hybridized carbons (Fsp3) is 0.476. The molecule has 34 heavy (non-hydrogen) atoms. The molecule has 1 amide bonds. The summed E-state index contributed by atoms with van der Waals surface area (Å²) < 4.78 is 62.9. The number of halogens is 3. The van der Waals surface area contributed by atoms with Crippen LogP contribution in [-0.2, 0) is 9.84 Å². The average molecular weight is 497 g/mol. The van der Waals surface area contributed by atoms with E-state index in [1.807, 2.05) is 0 Å². The molecule has 2 heterocycles. The summed E-state index contributed by atoms with van der Waals surface area (Å²) in [5.74, 6) is -1.01. The Bertz CT molecular complexity index is 1220. The van der Waals surface area contributed by atoms with Crippen LogP contribution in [0.25, 0.3) is 0 Å². The third-order valence-electron chi connectivity index (χ3n) is 6.43. The molecule has 13 heteroatoms. The highest BCUT2D eigenvalue weighted by molar-refractivity contribution is 7.92. The molecule has 1 aliphatic carbocycles. The van der Waals surface area contributed by atoms with E-state index in [0.29, 0.717) is 18.9 Å². The van der Waals surface area contributed by atoms with Gasteiger partial charge in [0.15, 0.2) is 5.82 Å². The molecule has 0 radical (unpaired) electrons. The first kappa shape index (κ1) is 24.0. The lowest BCUT2D eigenvalue weighted by atomic mass is 9.81. The second-order valence-electron chi connectivity index (χ2n) is 8.49. The van der Waals surface area contributed by atoms with Gasteiger partial charge in [-0.05, 0) is 63.0 Å². The van der Waals surface area contributed by atoms with Crippen molar-refractivity contribution in [3.8, 4) is 6.07 Å². The minimum absolute atomic E-state index is 0.0496. The van der Waals surface area contributed by atoms with Crippen LogP contribution in [0.1, 0.15) is 42.1 Å². The summed E-state index contributed by atoms with van der Waals surface area (Å²) in [5.41, 5.74) is 0.340. The number of carbonyl (C=O) groups excluding carboxylic acids is 1. The third kappa shape index (κ3) is 4.47. The van der Waals surface area contributed by atoms with Crippen LogP contribution >= 0.6 is 0 Å². The Balaban J connectivity index is 1.55. The number of benzene rings is 1. The van der Waals surface area contributed by atoms with Gasteiger partial charge in [0.1, 0.15) is 5.56 Å². The predicted molar refractivity (Wildman–Crippen MR) is 116 cm³/mol. The van der Waals surface area contributed by atoms with Crippen molar-refractivity contribution in [2.75, 3.05) is 18.4 Å². The molecular formula is C21H23F3N6O3S. The lowest BCUT2D eigenvalue weighted by Crippen LogP contribution is -2.48. The van der Waals surface area contributed by atoms with Gasteiger partial charge in [-0.2, -0.15) is 23.5 Å². The number of nitrogens with one attached hydrogen (secondary N) is 1. The monoisotopic (exact) mass is 496 g/mol. The van der Waals surface area contributed by atoms with Crippen molar-refractivity contribution in [3.05, 3.63) is 36.0 Å². The van der Waals surface area contributed by atoms with Gasteiger partial charge in [-0.25, -0.2) is 8.42 Å². The Morgan fingerprint density at radius 1 is 1.21 bits per heavy atom. The van der Waals surface area contributed by atoms with Gasteiger partial charge in [-0.3, -0.25) is 9.48 Å². The van der Waals surface area contributed by atoms with Crippen molar-refractivity contribution in [2.24, 2.45) is 11.7 Å². The molecule has 3 unspecified atom stereocenters. The standard InChI is InChI=1S/C21H23F3N6O3S/c22-21(23,24)34(32,33)16-5-2-14(3-6-16)27-20-17(19(26)31)12-30(28-20)18-7-4-15(10-13(18)11-25)29-8-1-9-29/h2-3,5-6,12-13,15,18H,1,4,7-10H2,(H2,26,31)(H,27,28). The van der Waals surface area contributed by atoms with Crippen LogP contribution in [0.3, 0.4) is 0 Å². The molecule has 1 aromatic heterocycles. The number of alkyl halides is 3. The maximum Gasteiger partial charge on any atom is 0.501 e. The van der Waals surface area contributed by atoms with E-state index in [2.05, 4.69) is 21.4 Å². The summed E-state index contributed by atoms with van der Waals surface area (Å²) in [5, 5.41) is 17.0. The van der Waals surface area contributed by atoms with Crippen molar-refractivity contribution in [1.82, 2.24) is 14.7 Å². The number of amides is 1. The van der Waals surface area contributed by atoms with Crippen LogP contribution in [0.2, 0.25) is 0 Å². The topological polar surface area (TPSA) is 134 Å². The van der Waals surface area contributed by atoms with Crippen LogP contribution in [-0.4, -0.2) is 53.6 Å². The Hall–Kier alpha value is -3.11. The second kappa shape index (κ2) is 8.92. The summed E-state index contributed by atoms with van der Waals surface area (Å²) >= 11 is 0. The summed E-state index contributed by atoms with van der Waals surface area (Å²) in [6, 6.07) is 6.35. The molecule has 2 aliphatic rings. The predicted octanol–water partition coefficient (Wildman–Crippen LogP) is 2.96. The van der Waals surface area contributed by atoms with E-state index >= 15 is 0 Å².